The van der Waals surface area contributed by atoms with Gasteiger partial charge in [0.05, 0.1) is 6.20 Å². The van der Waals surface area contributed by atoms with Crippen LogP contribution >= 0.6 is 11.3 Å². The third-order valence-electron chi connectivity index (χ3n) is 3.95. The Morgan fingerprint density at radius 3 is 2.86 bits per heavy atom. The Bertz CT molecular complexity index is 742. The zero-order valence-electron chi connectivity index (χ0n) is 13.1. The molecule has 2 aromatic heterocycles. The van der Waals surface area contributed by atoms with Gasteiger partial charge in [0.15, 0.2) is 0 Å². The number of aliphatic hydroxyl groups is 1. The van der Waals surface area contributed by atoms with Gasteiger partial charge in [0.1, 0.15) is 5.60 Å². The predicted octanol–water partition coefficient (Wildman–Crippen LogP) is 3.19. The highest BCUT2D eigenvalue weighted by Crippen LogP contribution is 2.30. The Hall–Kier alpha value is -1.69. The van der Waals surface area contributed by atoms with Crippen LogP contribution < -0.4 is 5.32 Å². The van der Waals surface area contributed by atoms with Crippen LogP contribution in [0.2, 0.25) is 0 Å². The fourth-order valence-electron chi connectivity index (χ4n) is 2.47. The molecule has 0 spiro atoms. The van der Waals surface area contributed by atoms with Crippen LogP contribution in [-0.4, -0.2) is 21.4 Å². The van der Waals surface area contributed by atoms with Gasteiger partial charge in [-0.1, -0.05) is 18.2 Å². The topological polar surface area (TPSA) is 50.1 Å². The Labute approximate surface area is 134 Å². The maximum Gasteiger partial charge on any atom is 0.102 e. The lowest BCUT2D eigenvalue weighted by Crippen LogP contribution is -2.36. The highest BCUT2D eigenvalue weighted by molar-refractivity contribution is 7.19. The van der Waals surface area contributed by atoms with Crippen molar-refractivity contribution < 1.29 is 5.11 Å². The van der Waals surface area contributed by atoms with Crippen molar-refractivity contribution in [1.29, 1.82) is 0 Å². The largest absolute Gasteiger partial charge is 0.384 e. The first-order chi connectivity index (χ1) is 10.5. The second-order valence-corrected chi connectivity index (χ2v) is 7.08. The maximum atomic E-state index is 10.6. The smallest absolute Gasteiger partial charge is 0.102 e. The van der Waals surface area contributed by atoms with E-state index in [1.54, 1.807) is 22.2 Å². The molecule has 4 nitrogen and oxygen atoms in total. The van der Waals surface area contributed by atoms with E-state index < -0.39 is 5.60 Å². The molecular weight excluding hydrogens is 294 g/mol. The van der Waals surface area contributed by atoms with Crippen LogP contribution in [0.25, 0.3) is 10.1 Å². The number of thiophene rings is 1. The van der Waals surface area contributed by atoms with Crippen molar-refractivity contribution in [2.45, 2.75) is 25.5 Å². The highest BCUT2D eigenvalue weighted by atomic mass is 32.1. The van der Waals surface area contributed by atoms with Gasteiger partial charge in [0.25, 0.3) is 0 Å². The summed E-state index contributed by atoms with van der Waals surface area (Å²) in [6.07, 6.45) is 3.57. The van der Waals surface area contributed by atoms with Crippen molar-refractivity contribution >= 4 is 21.4 Å². The van der Waals surface area contributed by atoms with E-state index in [0.29, 0.717) is 6.54 Å². The van der Waals surface area contributed by atoms with Crippen molar-refractivity contribution in [3.05, 3.63) is 53.2 Å². The van der Waals surface area contributed by atoms with Crippen molar-refractivity contribution in [3.8, 4) is 0 Å². The third kappa shape index (κ3) is 3.06. The SMILES string of the molecule is C[C@@H](NC[C@](C)(O)c1cnn(C)c1)c1cc2ccccc2s1. The fraction of sp³-hybridized carbons (Fsp3) is 0.353. The first-order valence-corrected chi connectivity index (χ1v) is 8.21. The molecule has 0 bridgehead atoms. The van der Waals surface area contributed by atoms with Gasteiger partial charge in [-0.2, -0.15) is 5.10 Å². The molecule has 5 heteroatoms. The summed E-state index contributed by atoms with van der Waals surface area (Å²) in [7, 11) is 1.85. The van der Waals surface area contributed by atoms with Crippen LogP contribution in [0.5, 0.6) is 0 Å². The molecule has 116 valence electrons. The average molecular weight is 315 g/mol. The molecule has 0 unspecified atom stereocenters. The van der Waals surface area contributed by atoms with Crippen LogP contribution in [-0.2, 0) is 12.6 Å². The minimum Gasteiger partial charge on any atom is -0.384 e. The summed E-state index contributed by atoms with van der Waals surface area (Å²) in [6.45, 7) is 4.42. The van der Waals surface area contributed by atoms with Crippen LogP contribution in [0.15, 0.2) is 42.7 Å². The standard InChI is InChI=1S/C17H21N3OS/c1-12(16-8-13-6-4-5-7-15(13)22-16)18-11-17(2,21)14-9-19-20(3)10-14/h4-10,12,18,21H,11H2,1-3H3/t12-,17+/m1/s1. The Morgan fingerprint density at radius 2 is 2.18 bits per heavy atom. The lowest BCUT2D eigenvalue weighted by Gasteiger charge is -2.24. The number of nitrogens with one attached hydrogen (secondary N) is 1. The van der Waals surface area contributed by atoms with Crippen LogP contribution in [0.1, 0.15) is 30.3 Å². The van der Waals surface area contributed by atoms with Gasteiger partial charge in [-0.3, -0.25) is 4.68 Å². The Balaban J connectivity index is 1.70. The average Bonchev–Trinajstić information content (AvgIpc) is 3.11. The minimum absolute atomic E-state index is 0.195. The number of fused-ring (bicyclic) bond motifs is 1. The second-order valence-electron chi connectivity index (χ2n) is 5.97. The lowest BCUT2D eigenvalue weighted by molar-refractivity contribution is 0.0544. The number of hydrogen-bond donors (Lipinski definition) is 2. The molecular formula is C17H21N3OS. The first-order valence-electron chi connectivity index (χ1n) is 7.39. The van der Waals surface area contributed by atoms with Gasteiger partial charge in [0, 0.05) is 41.0 Å². The molecule has 2 heterocycles. The summed E-state index contributed by atoms with van der Waals surface area (Å²) in [6, 6.07) is 10.8. The molecule has 0 saturated carbocycles. The highest BCUT2D eigenvalue weighted by Gasteiger charge is 2.25. The quantitative estimate of drug-likeness (QED) is 0.760. The zero-order chi connectivity index (χ0) is 15.7. The maximum absolute atomic E-state index is 10.6. The van der Waals surface area contributed by atoms with E-state index in [9.17, 15) is 5.11 Å². The third-order valence-corrected chi connectivity index (χ3v) is 5.25. The number of aromatic nitrogens is 2. The molecule has 0 aliphatic heterocycles. The summed E-state index contributed by atoms with van der Waals surface area (Å²) < 4.78 is 3.00. The number of nitrogens with zero attached hydrogens (tertiary/aromatic N) is 2. The molecule has 22 heavy (non-hydrogen) atoms. The molecule has 0 fully saturated rings. The van der Waals surface area contributed by atoms with E-state index in [4.69, 9.17) is 0 Å². The number of hydrogen-bond acceptors (Lipinski definition) is 4. The van der Waals surface area contributed by atoms with E-state index in [-0.39, 0.29) is 6.04 Å². The van der Waals surface area contributed by atoms with Crippen LogP contribution in [0.4, 0.5) is 0 Å². The van der Waals surface area contributed by atoms with Gasteiger partial charge < -0.3 is 10.4 Å². The van der Waals surface area contributed by atoms with Gasteiger partial charge in [-0.05, 0) is 31.4 Å². The van der Waals surface area contributed by atoms with E-state index in [0.717, 1.165) is 5.56 Å². The Kier molecular flexibility index (Phi) is 4.04. The van der Waals surface area contributed by atoms with Gasteiger partial charge in [-0.25, -0.2) is 0 Å². The van der Waals surface area contributed by atoms with Crippen LogP contribution in [0, 0.1) is 0 Å². The lowest BCUT2D eigenvalue weighted by atomic mass is 9.99. The number of benzene rings is 1. The molecule has 0 aliphatic carbocycles. The van der Waals surface area contributed by atoms with E-state index >= 15 is 0 Å². The van der Waals surface area contributed by atoms with E-state index in [2.05, 4.69) is 47.7 Å². The molecule has 3 aromatic rings. The first kappa shape index (κ1) is 15.2. The fourth-order valence-corrected chi connectivity index (χ4v) is 3.56. The normalized spacial score (nSPS) is 15.8. The van der Waals surface area contributed by atoms with Crippen molar-refractivity contribution in [3.63, 3.8) is 0 Å². The number of aryl methyl sites for hydroxylation is 1. The predicted molar refractivity (Wildman–Crippen MR) is 91.0 cm³/mol. The van der Waals surface area contributed by atoms with Crippen molar-refractivity contribution in [2.24, 2.45) is 7.05 Å². The molecule has 2 atom stereocenters. The molecule has 0 amide bonds. The zero-order valence-corrected chi connectivity index (χ0v) is 13.9. The molecule has 0 saturated heterocycles. The van der Waals surface area contributed by atoms with Gasteiger partial charge in [0.2, 0.25) is 0 Å². The minimum atomic E-state index is -0.931. The summed E-state index contributed by atoms with van der Waals surface area (Å²) in [5.41, 5.74) is -0.106. The summed E-state index contributed by atoms with van der Waals surface area (Å²) >= 11 is 1.80. The molecule has 0 aliphatic rings. The van der Waals surface area contributed by atoms with Crippen LogP contribution in [0.3, 0.4) is 0 Å². The molecule has 1 aromatic carbocycles. The van der Waals surface area contributed by atoms with Gasteiger partial charge in [-0.15, -0.1) is 11.3 Å². The monoisotopic (exact) mass is 315 g/mol. The molecule has 2 N–H and O–H groups in total. The molecule has 3 rings (SSSR count). The number of rotatable bonds is 5. The van der Waals surface area contributed by atoms with Gasteiger partial charge >= 0.3 is 0 Å². The summed E-state index contributed by atoms with van der Waals surface area (Å²) in [4.78, 5) is 1.28. The van der Waals surface area contributed by atoms with E-state index in [1.807, 2.05) is 20.2 Å². The molecule has 0 radical (unpaired) electrons. The van der Waals surface area contributed by atoms with Crippen molar-refractivity contribution in [2.75, 3.05) is 6.54 Å². The second kappa shape index (κ2) is 5.83. The summed E-state index contributed by atoms with van der Waals surface area (Å²) in [5, 5.41) is 19.5. The van der Waals surface area contributed by atoms with E-state index in [1.165, 1.54) is 15.0 Å². The van der Waals surface area contributed by atoms with Crippen molar-refractivity contribution in [1.82, 2.24) is 15.1 Å². The Morgan fingerprint density at radius 1 is 1.41 bits per heavy atom. The summed E-state index contributed by atoms with van der Waals surface area (Å²) in [5.74, 6) is 0.